The molecule has 0 aromatic carbocycles. The fourth-order valence-electron chi connectivity index (χ4n) is 4.94. The van der Waals surface area contributed by atoms with Crippen molar-refractivity contribution in [3.05, 3.63) is 60.2 Å². The highest BCUT2D eigenvalue weighted by Crippen LogP contribution is 2.33. The van der Waals surface area contributed by atoms with Crippen molar-refractivity contribution in [2.24, 2.45) is 0 Å². The minimum Gasteiger partial charge on any atom is -0.305 e. The van der Waals surface area contributed by atoms with Crippen molar-refractivity contribution in [1.29, 1.82) is 0 Å². The topological polar surface area (TPSA) is 49.8 Å². The molecule has 2 aromatic rings. The molecule has 2 saturated carbocycles. The zero-order valence-electron chi connectivity index (χ0n) is 16.9. The Morgan fingerprint density at radius 2 is 1.07 bits per heavy atom. The van der Waals surface area contributed by atoms with E-state index in [1.165, 1.54) is 75.3 Å². The number of hydrogen-bond donors (Lipinski definition) is 2. The molecule has 0 radical (unpaired) electrons. The maximum absolute atomic E-state index is 4.44. The third kappa shape index (κ3) is 5.18. The van der Waals surface area contributed by atoms with Crippen LogP contribution in [0.3, 0.4) is 0 Å². The lowest BCUT2D eigenvalue weighted by Crippen LogP contribution is -2.44. The van der Waals surface area contributed by atoms with Gasteiger partial charge in [-0.15, -0.1) is 0 Å². The smallest absolute Gasteiger partial charge is 0.0536 e. The molecule has 0 unspecified atom stereocenters. The fraction of sp³-hybridized carbons (Fsp3) is 0.583. The van der Waals surface area contributed by atoms with Crippen molar-refractivity contribution in [3.8, 4) is 0 Å². The first-order chi connectivity index (χ1) is 13.9. The largest absolute Gasteiger partial charge is 0.305 e. The van der Waals surface area contributed by atoms with E-state index in [4.69, 9.17) is 0 Å². The molecule has 0 saturated heterocycles. The van der Waals surface area contributed by atoms with Crippen LogP contribution in [0.4, 0.5) is 0 Å². The Bertz CT molecular complexity index is 617. The minimum absolute atomic E-state index is 0.211. The monoisotopic (exact) mass is 378 g/mol. The van der Waals surface area contributed by atoms with E-state index in [1.54, 1.807) is 0 Å². The summed E-state index contributed by atoms with van der Waals surface area (Å²) >= 11 is 0. The van der Waals surface area contributed by atoms with Crippen molar-refractivity contribution < 1.29 is 0 Å². The Labute approximate surface area is 169 Å². The maximum atomic E-state index is 4.44. The zero-order chi connectivity index (χ0) is 19.0. The SMILES string of the molecule is c1cncc([C@@H](NC2CCCCC2)[C@@H](NC2CCCCC2)c2cccnc2)c1. The van der Waals surface area contributed by atoms with Gasteiger partial charge in [0.05, 0.1) is 12.1 Å². The number of pyridine rings is 2. The van der Waals surface area contributed by atoms with Crippen LogP contribution >= 0.6 is 0 Å². The lowest BCUT2D eigenvalue weighted by molar-refractivity contribution is 0.260. The lowest BCUT2D eigenvalue weighted by Gasteiger charge is -2.37. The van der Waals surface area contributed by atoms with Gasteiger partial charge in [0.15, 0.2) is 0 Å². The Morgan fingerprint density at radius 1 is 0.643 bits per heavy atom. The van der Waals surface area contributed by atoms with Gasteiger partial charge in [0.2, 0.25) is 0 Å². The van der Waals surface area contributed by atoms with E-state index in [1.807, 2.05) is 24.8 Å². The minimum atomic E-state index is 0.211. The first-order valence-corrected chi connectivity index (χ1v) is 11.2. The summed E-state index contributed by atoms with van der Waals surface area (Å²) in [6.45, 7) is 0. The highest BCUT2D eigenvalue weighted by Gasteiger charge is 2.30. The first-order valence-electron chi connectivity index (χ1n) is 11.2. The second-order valence-corrected chi connectivity index (χ2v) is 8.53. The van der Waals surface area contributed by atoms with Crippen LogP contribution in [0.1, 0.15) is 87.4 Å². The zero-order valence-corrected chi connectivity index (χ0v) is 16.9. The predicted molar refractivity (Wildman–Crippen MR) is 114 cm³/mol. The van der Waals surface area contributed by atoms with Gasteiger partial charge >= 0.3 is 0 Å². The maximum Gasteiger partial charge on any atom is 0.0536 e. The van der Waals surface area contributed by atoms with Crippen molar-refractivity contribution in [2.45, 2.75) is 88.4 Å². The number of nitrogens with zero attached hydrogens (tertiary/aromatic N) is 2. The Morgan fingerprint density at radius 3 is 1.43 bits per heavy atom. The van der Waals surface area contributed by atoms with Gasteiger partial charge in [-0.05, 0) is 48.9 Å². The summed E-state index contributed by atoms with van der Waals surface area (Å²) in [5.41, 5.74) is 2.54. The number of nitrogens with one attached hydrogen (secondary N) is 2. The van der Waals surface area contributed by atoms with Gasteiger partial charge < -0.3 is 10.6 Å². The molecular formula is C24H34N4. The summed E-state index contributed by atoms with van der Waals surface area (Å²) in [7, 11) is 0. The van der Waals surface area contributed by atoms with Crippen LogP contribution in [-0.2, 0) is 0 Å². The average Bonchev–Trinajstić information content (AvgIpc) is 2.79. The van der Waals surface area contributed by atoms with Crippen molar-refractivity contribution in [2.75, 3.05) is 0 Å². The molecule has 2 aromatic heterocycles. The molecule has 2 aliphatic rings. The summed E-state index contributed by atoms with van der Waals surface area (Å²) in [6.07, 6.45) is 21.0. The summed E-state index contributed by atoms with van der Waals surface area (Å²) in [4.78, 5) is 8.88. The van der Waals surface area contributed by atoms with Crippen LogP contribution in [0.2, 0.25) is 0 Å². The van der Waals surface area contributed by atoms with Gasteiger partial charge in [0, 0.05) is 36.9 Å². The van der Waals surface area contributed by atoms with Crippen LogP contribution < -0.4 is 10.6 Å². The third-order valence-electron chi connectivity index (χ3n) is 6.46. The van der Waals surface area contributed by atoms with E-state index < -0.39 is 0 Å². The third-order valence-corrected chi connectivity index (χ3v) is 6.46. The highest BCUT2D eigenvalue weighted by molar-refractivity contribution is 5.24. The normalized spacial score (nSPS) is 21.3. The van der Waals surface area contributed by atoms with Crippen LogP contribution in [0.25, 0.3) is 0 Å². The molecule has 4 nitrogen and oxygen atoms in total. The number of rotatable bonds is 7. The summed E-state index contributed by atoms with van der Waals surface area (Å²) < 4.78 is 0. The quantitative estimate of drug-likeness (QED) is 0.703. The second kappa shape index (κ2) is 10.1. The molecule has 28 heavy (non-hydrogen) atoms. The summed E-state index contributed by atoms with van der Waals surface area (Å²) in [6, 6.07) is 10.2. The molecule has 150 valence electrons. The number of hydrogen-bond acceptors (Lipinski definition) is 4. The van der Waals surface area contributed by atoms with Gasteiger partial charge in [0.25, 0.3) is 0 Å². The molecule has 0 spiro atoms. The molecular weight excluding hydrogens is 344 g/mol. The molecule has 2 N–H and O–H groups in total. The molecule has 2 heterocycles. The second-order valence-electron chi connectivity index (χ2n) is 8.53. The van der Waals surface area contributed by atoms with Crippen LogP contribution in [0.15, 0.2) is 49.1 Å². The molecule has 4 rings (SSSR count). The summed E-state index contributed by atoms with van der Waals surface area (Å²) in [5.74, 6) is 0. The molecule has 2 fully saturated rings. The molecule has 2 aliphatic carbocycles. The molecule has 0 bridgehead atoms. The average molecular weight is 379 g/mol. The van der Waals surface area contributed by atoms with Crippen LogP contribution in [-0.4, -0.2) is 22.1 Å². The van der Waals surface area contributed by atoms with Crippen LogP contribution in [0.5, 0.6) is 0 Å². The molecule has 2 atom stereocenters. The van der Waals surface area contributed by atoms with E-state index >= 15 is 0 Å². The van der Waals surface area contributed by atoms with Gasteiger partial charge in [0.1, 0.15) is 0 Å². The predicted octanol–water partition coefficient (Wildman–Crippen LogP) is 5.10. The van der Waals surface area contributed by atoms with E-state index in [9.17, 15) is 0 Å². The van der Waals surface area contributed by atoms with Crippen molar-refractivity contribution in [1.82, 2.24) is 20.6 Å². The molecule has 4 heteroatoms. The van der Waals surface area contributed by atoms with Crippen molar-refractivity contribution >= 4 is 0 Å². The standard InChI is InChI=1S/C24H34N4/c1-3-11-21(12-4-1)27-23(19-9-7-15-25-17-19)24(20-10-8-16-26-18-20)28-22-13-5-2-6-14-22/h7-10,15-18,21-24,27-28H,1-6,11-14H2/t23-,24+. The first kappa shape index (κ1) is 19.5. The Hall–Kier alpha value is -1.78. The van der Waals surface area contributed by atoms with Gasteiger partial charge in [-0.2, -0.15) is 0 Å². The number of aromatic nitrogens is 2. The lowest BCUT2D eigenvalue weighted by atomic mass is 9.88. The van der Waals surface area contributed by atoms with E-state index in [0.717, 1.165) is 0 Å². The molecule has 0 amide bonds. The van der Waals surface area contributed by atoms with Gasteiger partial charge in [-0.25, -0.2) is 0 Å². The van der Waals surface area contributed by atoms with Crippen LogP contribution in [0, 0.1) is 0 Å². The Kier molecular flexibility index (Phi) is 7.07. The fourth-order valence-corrected chi connectivity index (χ4v) is 4.94. The van der Waals surface area contributed by atoms with Crippen molar-refractivity contribution in [3.63, 3.8) is 0 Å². The highest BCUT2D eigenvalue weighted by atomic mass is 15.1. The summed E-state index contributed by atoms with van der Waals surface area (Å²) in [5, 5.41) is 8.06. The molecule has 0 aliphatic heterocycles. The van der Waals surface area contributed by atoms with E-state index in [-0.39, 0.29) is 12.1 Å². The Balaban J connectivity index is 1.62. The van der Waals surface area contributed by atoms with Gasteiger partial charge in [-0.3, -0.25) is 9.97 Å². The van der Waals surface area contributed by atoms with Gasteiger partial charge in [-0.1, -0.05) is 50.7 Å². The van der Waals surface area contributed by atoms with E-state index in [2.05, 4.69) is 44.9 Å². The van der Waals surface area contributed by atoms with E-state index in [0.29, 0.717) is 12.1 Å².